The minimum atomic E-state index is -0.0871. The number of rotatable bonds is 18. The first-order valence-electron chi connectivity index (χ1n) is 23.4. The van der Waals surface area contributed by atoms with Crippen LogP contribution in [0.1, 0.15) is 98.6 Å². The van der Waals surface area contributed by atoms with E-state index in [9.17, 15) is 0 Å². The van der Waals surface area contributed by atoms with E-state index in [0.29, 0.717) is 24.2 Å². The molecule has 6 aromatic carbocycles. The zero-order valence-corrected chi connectivity index (χ0v) is 38.5. The predicted octanol–water partition coefficient (Wildman–Crippen LogP) is 14.8. The lowest BCUT2D eigenvalue weighted by molar-refractivity contribution is -0.124. The van der Waals surface area contributed by atoms with Gasteiger partial charge >= 0.3 is 0 Å². The summed E-state index contributed by atoms with van der Waals surface area (Å²) in [4.78, 5) is 38.6. The summed E-state index contributed by atoms with van der Waals surface area (Å²) in [6, 6.07) is 51.2. The van der Waals surface area contributed by atoms with Crippen molar-refractivity contribution in [1.82, 2.24) is 9.80 Å². The summed E-state index contributed by atoms with van der Waals surface area (Å²) in [7, 11) is 0. The smallest absolute Gasteiger partial charge is 0.261 e. The average Bonchev–Trinajstić information content (AvgIpc) is 3.76. The van der Waals surface area contributed by atoms with Gasteiger partial charge in [-0.3, -0.25) is 9.59 Å². The van der Waals surface area contributed by atoms with Gasteiger partial charge in [0.2, 0.25) is 0 Å². The van der Waals surface area contributed by atoms with Crippen LogP contribution in [0.5, 0.6) is 0 Å². The largest absolute Gasteiger partial charge is 0.311 e. The lowest BCUT2D eigenvalue weighted by Gasteiger charge is -2.28. The van der Waals surface area contributed by atoms with Crippen LogP contribution in [-0.4, -0.2) is 34.7 Å². The number of benzene rings is 6. The fourth-order valence-corrected chi connectivity index (χ4v) is 9.02. The molecule has 64 heavy (non-hydrogen) atoms. The van der Waals surface area contributed by atoms with E-state index in [4.69, 9.17) is 0 Å². The summed E-state index contributed by atoms with van der Waals surface area (Å²) in [5.41, 5.74) is 15.3. The van der Waals surface area contributed by atoms with Crippen molar-refractivity contribution in [3.8, 4) is 0 Å². The molecule has 0 atom stereocenters. The van der Waals surface area contributed by atoms with Crippen LogP contribution in [0.2, 0.25) is 0 Å². The topological polar surface area (TPSA) is 47.1 Å². The van der Waals surface area contributed by atoms with Crippen molar-refractivity contribution in [3.05, 3.63) is 190 Å². The molecule has 2 amide bonds. The van der Waals surface area contributed by atoms with Gasteiger partial charge < -0.3 is 19.6 Å². The number of amides is 2. The Bertz CT molecular complexity index is 2350. The molecule has 2 aliphatic rings. The number of hydrogen-bond donors (Lipinski definition) is 0. The second-order valence-electron chi connectivity index (χ2n) is 17.6. The Kier molecular flexibility index (Phi) is 13.6. The maximum absolute atomic E-state index is 15.1. The maximum atomic E-state index is 15.1. The first kappa shape index (κ1) is 44.0. The molecular formula is C58H62N4O2. The molecule has 0 bridgehead atoms. The standard InChI is InChI=1S/C58H62N4O2/c1-7-9-11-13-39-59-55(45-23-35-51(36-24-45)61(47-27-15-41(3)16-28-47)48-29-17-42(4)18-30-48)53-54(57(59)63)56(60(58(53)64)40-14-12-10-8-2)46-25-37-52(38-26-46)62(49-31-19-43(5)20-32-49)50-33-21-44(6)22-34-50/h15-38H,7-14,39-40H2,1-6H3. The minimum absolute atomic E-state index is 0.0871. The van der Waals surface area contributed by atoms with Gasteiger partial charge in [0, 0.05) is 47.2 Å². The van der Waals surface area contributed by atoms with Crippen molar-refractivity contribution >= 4 is 57.3 Å². The lowest BCUT2D eigenvalue weighted by atomic mass is 10.0. The van der Waals surface area contributed by atoms with Gasteiger partial charge in [-0.05, 0) is 124 Å². The van der Waals surface area contributed by atoms with Crippen LogP contribution in [-0.2, 0) is 9.59 Å². The number of carbonyl (C=O) groups excluding carboxylic acids is 2. The molecule has 326 valence electrons. The third kappa shape index (κ3) is 9.19. The highest BCUT2D eigenvalue weighted by Crippen LogP contribution is 2.48. The van der Waals surface area contributed by atoms with Crippen LogP contribution in [0.15, 0.2) is 157 Å². The van der Waals surface area contributed by atoms with Gasteiger partial charge in [0.1, 0.15) is 0 Å². The molecule has 6 aromatic rings. The van der Waals surface area contributed by atoms with E-state index in [0.717, 1.165) is 108 Å². The summed E-state index contributed by atoms with van der Waals surface area (Å²) in [5, 5.41) is 0. The molecule has 0 radical (unpaired) electrons. The van der Waals surface area contributed by atoms with Crippen molar-refractivity contribution in [2.24, 2.45) is 0 Å². The zero-order chi connectivity index (χ0) is 44.7. The van der Waals surface area contributed by atoms with Crippen LogP contribution in [0.4, 0.5) is 34.1 Å². The van der Waals surface area contributed by atoms with E-state index >= 15 is 9.59 Å². The molecule has 0 fully saturated rings. The molecule has 0 saturated carbocycles. The molecule has 0 N–H and O–H groups in total. The van der Waals surface area contributed by atoms with E-state index in [2.05, 4.69) is 197 Å². The third-order valence-corrected chi connectivity index (χ3v) is 12.6. The van der Waals surface area contributed by atoms with Crippen molar-refractivity contribution in [2.75, 3.05) is 22.9 Å². The van der Waals surface area contributed by atoms with Gasteiger partial charge in [-0.2, -0.15) is 0 Å². The van der Waals surface area contributed by atoms with Gasteiger partial charge in [-0.15, -0.1) is 0 Å². The minimum Gasteiger partial charge on any atom is -0.311 e. The molecule has 0 saturated heterocycles. The molecule has 0 aromatic heterocycles. The number of anilines is 6. The Morgan fingerprint density at radius 2 is 0.594 bits per heavy atom. The number of fused-ring (bicyclic) bond motifs is 1. The Morgan fingerprint density at radius 3 is 0.844 bits per heavy atom. The number of hydrogen-bond acceptors (Lipinski definition) is 4. The zero-order valence-electron chi connectivity index (χ0n) is 38.5. The Balaban J connectivity index is 1.24. The molecule has 0 spiro atoms. The monoisotopic (exact) mass is 846 g/mol. The van der Waals surface area contributed by atoms with Gasteiger partial charge in [0.05, 0.1) is 22.5 Å². The van der Waals surface area contributed by atoms with Gasteiger partial charge in [-0.25, -0.2) is 0 Å². The molecular weight excluding hydrogens is 785 g/mol. The van der Waals surface area contributed by atoms with Gasteiger partial charge in [0.15, 0.2) is 0 Å². The lowest BCUT2D eigenvalue weighted by Crippen LogP contribution is -2.31. The Morgan fingerprint density at radius 1 is 0.344 bits per heavy atom. The molecule has 0 unspecified atom stereocenters. The van der Waals surface area contributed by atoms with E-state index in [1.54, 1.807) is 0 Å². The summed E-state index contributed by atoms with van der Waals surface area (Å²) < 4.78 is 0. The van der Waals surface area contributed by atoms with Crippen LogP contribution in [0.25, 0.3) is 11.4 Å². The molecule has 2 aliphatic heterocycles. The third-order valence-electron chi connectivity index (χ3n) is 12.6. The van der Waals surface area contributed by atoms with Crippen molar-refractivity contribution in [3.63, 3.8) is 0 Å². The highest BCUT2D eigenvalue weighted by Gasteiger charge is 2.48. The number of unbranched alkanes of at least 4 members (excludes halogenated alkanes) is 6. The average molecular weight is 847 g/mol. The maximum Gasteiger partial charge on any atom is 0.261 e. The number of carbonyl (C=O) groups is 2. The van der Waals surface area contributed by atoms with E-state index in [1.165, 1.54) is 22.3 Å². The first-order valence-corrected chi connectivity index (χ1v) is 23.4. The second-order valence-corrected chi connectivity index (χ2v) is 17.6. The highest BCUT2D eigenvalue weighted by molar-refractivity contribution is 6.30. The van der Waals surface area contributed by atoms with Crippen LogP contribution in [0.3, 0.4) is 0 Å². The summed E-state index contributed by atoms with van der Waals surface area (Å²) >= 11 is 0. The highest BCUT2D eigenvalue weighted by atomic mass is 16.2. The number of nitrogens with zero attached hydrogens (tertiary/aromatic N) is 4. The summed E-state index contributed by atoms with van der Waals surface area (Å²) in [6.07, 6.45) is 8.17. The second kappa shape index (κ2) is 19.8. The van der Waals surface area contributed by atoms with Crippen LogP contribution >= 0.6 is 0 Å². The Labute approximate surface area is 381 Å². The van der Waals surface area contributed by atoms with E-state index in [-0.39, 0.29) is 11.8 Å². The Hall–Kier alpha value is -6.66. The fourth-order valence-electron chi connectivity index (χ4n) is 9.02. The van der Waals surface area contributed by atoms with Crippen molar-refractivity contribution in [1.29, 1.82) is 0 Å². The van der Waals surface area contributed by atoms with Crippen molar-refractivity contribution < 1.29 is 9.59 Å². The van der Waals surface area contributed by atoms with Gasteiger partial charge in [-0.1, -0.05) is 147 Å². The first-order chi connectivity index (χ1) is 31.2. The molecule has 2 heterocycles. The van der Waals surface area contributed by atoms with Crippen LogP contribution < -0.4 is 9.80 Å². The molecule has 8 rings (SSSR count). The van der Waals surface area contributed by atoms with E-state index < -0.39 is 0 Å². The van der Waals surface area contributed by atoms with E-state index in [1.807, 2.05) is 9.80 Å². The van der Waals surface area contributed by atoms with Crippen LogP contribution in [0, 0.1) is 27.7 Å². The molecule has 0 aliphatic carbocycles. The number of aryl methyl sites for hydroxylation is 4. The molecule has 6 heteroatoms. The quantitative estimate of drug-likeness (QED) is 0.0809. The normalized spacial score (nSPS) is 13.7. The van der Waals surface area contributed by atoms with Crippen molar-refractivity contribution in [2.45, 2.75) is 92.9 Å². The predicted molar refractivity (Wildman–Crippen MR) is 267 cm³/mol. The SMILES string of the molecule is CCCCCCN1C(=O)C2=C(c3ccc(N(c4ccc(C)cc4)c4ccc(C)cc4)cc3)N(CCCCCC)C(=O)C2=C1c1ccc(N(c2ccc(C)cc2)c2ccc(C)cc2)cc1. The fraction of sp³-hybridized carbons (Fsp3) is 0.276. The summed E-state index contributed by atoms with van der Waals surface area (Å²) in [6.45, 7) is 13.9. The molecule has 6 nitrogen and oxygen atoms in total. The van der Waals surface area contributed by atoms with Gasteiger partial charge in [0.25, 0.3) is 11.8 Å². The summed E-state index contributed by atoms with van der Waals surface area (Å²) in [5.74, 6) is -0.174.